The van der Waals surface area contributed by atoms with Crippen LogP contribution in [-0.2, 0) is 10.0 Å². The highest BCUT2D eigenvalue weighted by molar-refractivity contribution is 7.92. The Morgan fingerprint density at radius 3 is 2.43 bits per heavy atom. The van der Waals surface area contributed by atoms with E-state index < -0.39 is 21.7 Å². The molecule has 3 aromatic rings. The number of carbonyl (C=O) groups excluding carboxylic acids is 1. The van der Waals surface area contributed by atoms with Crippen molar-refractivity contribution < 1.29 is 22.3 Å². The van der Waals surface area contributed by atoms with E-state index in [1.807, 2.05) is 0 Å². The molecule has 0 aliphatic heterocycles. The molecular formula is C20H15Cl2FN2O4S. The molecule has 3 aromatic carbocycles. The number of nitrogens with one attached hydrogen (secondary N) is 2. The number of benzene rings is 3. The smallest absolute Gasteiger partial charge is 0.261 e. The van der Waals surface area contributed by atoms with Crippen LogP contribution in [0.1, 0.15) is 10.4 Å². The first-order valence-corrected chi connectivity index (χ1v) is 10.7. The van der Waals surface area contributed by atoms with Crippen molar-refractivity contribution in [2.24, 2.45) is 0 Å². The van der Waals surface area contributed by atoms with E-state index in [9.17, 15) is 17.6 Å². The molecule has 0 aliphatic carbocycles. The van der Waals surface area contributed by atoms with Gasteiger partial charge in [-0.05, 0) is 54.6 Å². The van der Waals surface area contributed by atoms with Crippen molar-refractivity contribution in [1.82, 2.24) is 0 Å². The minimum atomic E-state index is -4.09. The second kappa shape index (κ2) is 8.91. The van der Waals surface area contributed by atoms with Gasteiger partial charge in [-0.1, -0.05) is 29.3 Å². The number of methoxy groups -OCH3 is 1. The minimum Gasteiger partial charge on any atom is -0.495 e. The number of carbonyl (C=O) groups is 1. The fraction of sp³-hybridized carbons (Fsp3) is 0.0500. The average molecular weight is 469 g/mol. The molecule has 156 valence electrons. The molecule has 10 heteroatoms. The number of amides is 1. The van der Waals surface area contributed by atoms with Crippen LogP contribution in [0.25, 0.3) is 0 Å². The fourth-order valence-electron chi connectivity index (χ4n) is 2.53. The Morgan fingerprint density at radius 1 is 1.03 bits per heavy atom. The molecule has 0 atom stereocenters. The van der Waals surface area contributed by atoms with Gasteiger partial charge in [0.15, 0.2) is 0 Å². The van der Waals surface area contributed by atoms with E-state index in [0.29, 0.717) is 10.8 Å². The lowest BCUT2D eigenvalue weighted by molar-refractivity contribution is 0.102. The average Bonchev–Trinajstić information content (AvgIpc) is 2.69. The maximum Gasteiger partial charge on any atom is 0.261 e. The molecule has 0 unspecified atom stereocenters. The van der Waals surface area contributed by atoms with Crippen molar-refractivity contribution >= 4 is 50.5 Å². The number of hydrogen-bond acceptors (Lipinski definition) is 4. The Labute approximate surface area is 182 Å². The van der Waals surface area contributed by atoms with Gasteiger partial charge in [-0.3, -0.25) is 9.52 Å². The van der Waals surface area contributed by atoms with Gasteiger partial charge in [-0.15, -0.1) is 0 Å². The molecule has 0 heterocycles. The first-order chi connectivity index (χ1) is 14.2. The summed E-state index contributed by atoms with van der Waals surface area (Å²) < 4.78 is 46.9. The number of hydrogen-bond donors (Lipinski definition) is 2. The van der Waals surface area contributed by atoms with E-state index in [1.165, 1.54) is 43.5 Å². The monoisotopic (exact) mass is 468 g/mol. The number of halogens is 3. The minimum absolute atomic E-state index is 0.175. The van der Waals surface area contributed by atoms with Crippen LogP contribution in [-0.4, -0.2) is 21.4 Å². The van der Waals surface area contributed by atoms with Crippen molar-refractivity contribution in [3.8, 4) is 5.75 Å². The van der Waals surface area contributed by atoms with Gasteiger partial charge in [0.25, 0.3) is 15.9 Å². The molecule has 0 saturated carbocycles. The van der Waals surface area contributed by atoms with E-state index in [1.54, 1.807) is 12.1 Å². The van der Waals surface area contributed by atoms with Crippen LogP contribution in [0.3, 0.4) is 0 Å². The van der Waals surface area contributed by atoms with Crippen molar-refractivity contribution in [1.29, 1.82) is 0 Å². The Morgan fingerprint density at radius 2 is 1.80 bits per heavy atom. The quantitative estimate of drug-likeness (QED) is 0.520. The molecule has 1 amide bonds. The normalized spacial score (nSPS) is 11.1. The number of rotatable bonds is 6. The van der Waals surface area contributed by atoms with E-state index in [-0.39, 0.29) is 26.9 Å². The van der Waals surface area contributed by atoms with Gasteiger partial charge < -0.3 is 10.1 Å². The summed E-state index contributed by atoms with van der Waals surface area (Å²) >= 11 is 11.8. The highest BCUT2D eigenvalue weighted by Crippen LogP contribution is 2.29. The van der Waals surface area contributed by atoms with Crippen molar-refractivity contribution in [2.75, 3.05) is 17.1 Å². The predicted octanol–water partition coefficient (Wildman–Crippen LogP) is 5.19. The topological polar surface area (TPSA) is 84.5 Å². The Hall–Kier alpha value is -2.81. The van der Waals surface area contributed by atoms with Gasteiger partial charge in [0.05, 0.1) is 28.4 Å². The predicted molar refractivity (Wildman–Crippen MR) is 115 cm³/mol. The van der Waals surface area contributed by atoms with Crippen LogP contribution in [0, 0.1) is 5.82 Å². The van der Waals surface area contributed by atoms with E-state index in [2.05, 4.69) is 10.0 Å². The first kappa shape index (κ1) is 21.9. The van der Waals surface area contributed by atoms with Gasteiger partial charge in [0.1, 0.15) is 11.6 Å². The Bertz CT molecular complexity index is 1220. The molecule has 3 rings (SSSR count). The van der Waals surface area contributed by atoms with Crippen LogP contribution in [0.5, 0.6) is 5.75 Å². The Balaban J connectivity index is 1.79. The van der Waals surface area contributed by atoms with Crippen LogP contribution in [0.2, 0.25) is 10.0 Å². The van der Waals surface area contributed by atoms with E-state index in [0.717, 1.165) is 12.1 Å². The summed E-state index contributed by atoms with van der Waals surface area (Å²) in [6.07, 6.45) is 0. The summed E-state index contributed by atoms with van der Waals surface area (Å²) in [6.45, 7) is 0. The van der Waals surface area contributed by atoms with E-state index >= 15 is 0 Å². The van der Waals surface area contributed by atoms with Crippen LogP contribution in [0.4, 0.5) is 15.8 Å². The second-order valence-corrected chi connectivity index (χ2v) is 8.59. The van der Waals surface area contributed by atoms with Gasteiger partial charge in [-0.2, -0.15) is 0 Å². The van der Waals surface area contributed by atoms with Gasteiger partial charge in [-0.25, -0.2) is 12.8 Å². The molecule has 0 spiro atoms. The maximum absolute atomic E-state index is 14.5. The first-order valence-electron chi connectivity index (χ1n) is 8.42. The molecule has 0 saturated heterocycles. The zero-order valence-electron chi connectivity index (χ0n) is 15.4. The highest BCUT2D eigenvalue weighted by atomic mass is 35.5. The summed E-state index contributed by atoms with van der Waals surface area (Å²) in [6, 6.07) is 13.6. The summed E-state index contributed by atoms with van der Waals surface area (Å²) in [4.78, 5) is 11.9. The van der Waals surface area contributed by atoms with Crippen molar-refractivity contribution in [3.05, 3.63) is 82.1 Å². The SMILES string of the molecule is COc1ccc(NS(=O)(=O)c2ccc(NC(=O)c3cccc(Cl)c3)c(F)c2)cc1Cl. The third kappa shape index (κ3) is 5.02. The zero-order chi connectivity index (χ0) is 21.9. The summed E-state index contributed by atoms with van der Waals surface area (Å²) in [7, 11) is -2.66. The third-order valence-corrected chi connectivity index (χ3v) is 5.90. The third-order valence-electron chi connectivity index (χ3n) is 3.99. The number of anilines is 2. The van der Waals surface area contributed by atoms with Crippen LogP contribution in [0.15, 0.2) is 65.6 Å². The molecule has 0 aliphatic rings. The lowest BCUT2D eigenvalue weighted by atomic mass is 10.2. The Kier molecular flexibility index (Phi) is 6.50. The van der Waals surface area contributed by atoms with Gasteiger partial charge >= 0.3 is 0 Å². The standard InChI is InChI=1S/C20H15Cl2FN2O4S/c1-29-19-8-5-14(10-16(19)22)25-30(27,28)15-6-7-18(17(23)11-15)24-20(26)12-3-2-4-13(21)9-12/h2-11,25H,1H3,(H,24,26). The summed E-state index contributed by atoms with van der Waals surface area (Å²) in [5.74, 6) is -1.12. The molecule has 0 aromatic heterocycles. The lowest BCUT2D eigenvalue weighted by Gasteiger charge is -2.12. The van der Waals surface area contributed by atoms with Crippen LogP contribution < -0.4 is 14.8 Å². The largest absolute Gasteiger partial charge is 0.495 e. The van der Waals surface area contributed by atoms with Crippen molar-refractivity contribution in [2.45, 2.75) is 4.90 Å². The second-order valence-electron chi connectivity index (χ2n) is 6.06. The molecule has 30 heavy (non-hydrogen) atoms. The molecule has 0 bridgehead atoms. The van der Waals surface area contributed by atoms with E-state index in [4.69, 9.17) is 27.9 Å². The molecular weight excluding hydrogens is 454 g/mol. The summed E-state index contributed by atoms with van der Waals surface area (Å²) in [5, 5.41) is 2.95. The molecule has 6 nitrogen and oxygen atoms in total. The fourth-order valence-corrected chi connectivity index (χ4v) is 4.04. The molecule has 0 fully saturated rings. The van der Waals surface area contributed by atoms with Gasteiger partial charge in [0.2, 0.25) is 0 Å². The molecule has 2 N–H and O–H groups in total. The number of ether oxygens (including phenoxy) is 1. The number of sulfonamides is 1. The zero-order valence-corrected chi connectivity index (χ0v) is 17.8. The van der Waals surface area contributed by atoms with Gasteiger partial charge in [0, 0.05) is 10.6 Å². The highest BCUT2D eigenvalue weighted by Gasteiger charge is 2.18. The van der Waals surface area contributed by atoms with Crippen LogP contribution >= 0.6 is 23.2 Å². The molecule has 0 radical (unpaired) electrons. The summed E-state index contributed by atoms with van der Waals surface area (Å²) in [5.41, 5.74) is 0.239. The van der Waals surface area contributed by atoms with Crippen molar-refractivity contribution in [3.63, 3.8) is 0 Å². The lowest BCUT2D eigenvalue weighted by Crippen LogP contribution is -2.15. The maximum atomic E-state index is 14.5.